The fourth-order valence-electron chi connectivity index (χ4n) is 2.02. The van der Waals surface area contributed by atoms with Crippen LogP contribution in [0, 0.1) is 6.92 Å². The number of nitrogens with zero attached hydrogens (tertiary/aromatic N) is 3. The first-order chi connectivity index (χ1) is 11.6. The first-order valence-electron chi connectivity index (χ1n) is 7.13. The number of aryl methyl sites for hydroxylation is 1. The smallest absolute Gasteiger partial charge is 0.337 e. The molecule has 0 aliphatic heterocycles. The molecule has 0 bridgehead atoms. The summed E-state index contributed by atoms with van der Waals surface area (Å²) in [6.07, 6.45) is 1.61. The molecule has 0 atom stereocenters. The zero-order chi connectivity index (χ0) is 16.9. The lowest BCUT2D eigenvalue weighted by Crippen LogP contribution is -2.03. The summed E-state index contributed by atoms with van der Waals surface area (Å²) >= 11 is 0. The van der Waals surface area contributed by atoms with Gasteiger partial charge in [0.2, 0.25) is 5.95 Å². The van der Waals surface area contributed by atoms with Crippen LogP contribution in [0.3, 0.4) is 0 Å². The highest BCUT2D eigenvalue weighted by molar-refractivity contribution is 5.90. The van der Waals surface area contributed by atoms with Gasteiger partial charge >= 0.3 is 5.97 Å². The fraction of sp³-hybridized carbons (Fsp3) is 0.125. The van der Waals surface area contributed by atoms with E-state index in [9.17, 15) is 4.79 Å². The number of aromatic nitrogens is 3. The number of rotatable bonds is 5. The number of methoxy groups -OCH3 is 1. The molecule has 0 aliphatic rings. The third kappa shape index (κ3) is 3.67. The van der Waals surface area contributed by atoms with Gasteiger partial charge in [-0.25, -0.2) is 9.78 Å². The van der Waals surface area contributed by atoms with Crippen molar-refractivity contribution in [1.29, 1.82) is 0 Å². The van der Waals surface area contributed by atoms with Crippen LogP contribution in [0.5, 0.6) is 0 Å². The lowest BCUT2D eigenvalue weighted by atomic mass is 10.2. The summed E-state index contributed by atoms with van der Waals surface area (Å²) < 4.78 is 9.70. The van der Waals surface area contributed by atoms with Gasteiger partial charge in [0, 0.05) is 18.0 Å². The Morgan fingerprint density at radius 2 is 2.04 bits per heavy atom. The van der Waals surface area contributed by atoms with Crippen LogP contribution in [-0.4, -0.2) is 28.2 Å². The molecule has 2 aromatic heterocycles. The van der Waals surface area contributed by atoms with Gasteiger partial charge in [-0.3, -0.25) is 0 Å². The lowest BCUT2D eigenvalue weighted by molar-refractivity contribution is 0.0601. The van der Waals surface area contributed by atoms with E-state index in [0.717, 1.165) is 0 Å². The number of nitrogens with one attached hydrogen (secondary N) is 2. The molecule has 0 aliphatic carbocycles. The Balaban J connectivity index is 1.76. The molecule has 8 nitrogen and oxygen atoms in total. The van der Waals surface area contributed by atoms with Gasteiger partial charge < -0.3 is 19.9 Å². The Hall–Kier alpha value is -3.42. The Kier molecular flexibility index (Phi) is 4.37. The molecular formula is C16H15N5O3. The van der Waals surface area contributed by atoms with Gasteiger partial charge in [0.25, 0.3) is 0 Å². The van der Waals surface area contributed by atoms with E-state index < -0.39 is 5.97 Å². The molecule has 8 heteroatoms. The Morgan fingerprint density at radius 3 is 2.79 bits per heavy atom. The molecule has 0 unspecified atom stereocenters. The van der Waals surface area contributed by atoms with Crippen LogP contribution in [0.2, 0.25) is 0 Å². The zero-order valence-corrected chi connectivity index (χ0v) is 13.1. The predicted molar refractivity (Wildman–Crippen MR) is 87.6 cm³/mol. The molecule has 2 heterocycles. The van der Waals surface area contributed by atoms with E-state index >= 15 is 0 Å². The average molecular weight is 325 g/mol. The maximum absolute atomic E-state index is 11.6. The van der Waals surface area contributed by atoms with Crippen LogP contribution in [0.25, 0.3) is 0 Å². The van der Waals surface area contributed by atoms with E-state index in [2.05, 4.69) is 25.8 Å². The van der Waals surface area contributed by atoms with E-state index in [1.165, 1.54) is 7.11 Å². The maximum atomic E-state index is 11.6. The van der Waals surface area contributed by atoms with Crippen LogP contribution < -0.4 is 10.6 Å². The Morgan fingerprint density at radius 1 is 1.17 bits per heavy atom. The lowest BCUT2D eigenvalue weighted by Gasteiger charge is -2.08. The van der Waals surface area contributed by atoms with Gasteiger partial charge in [-0.2, -0.15) is 4.98 Å². The van der Waals surface area contributed by atoms with Crippen molar-refractivity contribution in [2.45, 2.75) is 6.92 Å². The summed E-state index contributed by atoms with van der Waals surface area (Å²) in [6.45, 7) is 1.80. The third-order valence-corrected chi connectivity index (χ3v) is 3.08. The van der Waals surface area contributed by atoms with Crippen molar-refractivity contribution in [2.24, 2.45) is 0 Å². The van der Waals surface area contributed by atoms with Crippen molar-refractivity contribution in [2.75, 3.05) is 17.7 Å². The molecule has 1 aromatic carbocycles. The average Bonchev–Trinajstić information content (AvgIpc) is 2.99. The zero-order valence-electron chi connectivity index (χ0n) is 13.1. The summed E-state index contributed by atoms with van der Waals surface area (Å²) in [6, 6.07) is 10.3. The van der Waals surface area contributed by atoms with Crippen molar-refractivity contribution in [1.82, 2.24) is 15.1 Å². The summed E-state index contributed by atoms with van der Waals surface area (Å²) in [7, 11) is 1.34. The Labute approximate surface area is 137 Å². The number of hydrogen-bond donors (Lipinski definition) is 2. The first kappa shape index (κ1) is 15.5. The summed E-state index contributed by atoms with van der Waals surface area (Å²) in [5.41, 5.74) is 1.11. The molecule has 0 saturated carbocycles. The van der Waals surface area contributed by atoms with Crippen molar-refractivity contribution in [3.8, 4) is 0 Å². The normalized spacial score (nSPS) is 10.2. The molecule has 0 radical (unpaired) electrons. The SMILES string of the molecule is COC(=O)c1cccc(Nc2nccc(Nc3cc(C)on3)n2)c1. The van der Waals surface area contributed by atoms with Crippen molar-refractivity contribution in [3.05, 3.63) is 53.9 Å². The quantitative estimate of drug-likeness (QED) is 0.690. The molecule has 0 fully saturated rings. The van der Waals surface area contributed by atoms with Gasteiger partial charge in [0.05, 0.1) is 12.7 Å². The number of benzene rings is 1. The second-order valence-electron chi connectivity index (χ2n) is 4.91. The number of hydrogen-bond acceptors (Lipinski definition) is 8. The van der Waals surface area contributed by atoms with Gasteiger partial charge in [0.1, 0.15) is 11.6 Å². The highest BCUT2D eigenvalue weighted by Gasteiger charge is 2.07. The Bertz CT molecular complexity index is 862. The van der Waals surface area contributed by atoms with Crippen molar-refractivity contribution >= 4 is 29.2 Å². The molecule has 122 valence electrons. The van der Waals surface area contributed by atoms with E-state index in [4.69, 9.17) is 9.26 Å². The minimum atomic E-state index is -0.406. The highest BCUT2D eigenvalue weighted by atomic mass is 16.5. The highest BCUT2D eigenvalue weighted by Crippen LogP contribution is 2.18. The number of anilines is 4. The number of esters is 1. The van der Waals surface area contributed by atoms with E-state index in [1.807, 2.05) is 0 Å². The third-order valence-electron chi connectivity index (χ3n) is 3.08. The number of carbonyl (C=O) groups is 1. The number of carbonyl (C=O) groups excluding carboxylic acids is 1. The molecular weight excluding hydrogens is 310 g/mol. The van der Waals surface area contributed by atoms with Gasteiger partial charge in [0.15, 0.2) is 5.82 Å². The number of ether oxygens (including phenoxy) is 1. The summed E-state index contributed by atoms with van der Waals surface area (Å²) in [5, 5.41) is 9.91. The molecule has 0 saturated heterocycles. The second-order valence-corrected chi connectivity index (χ2v) is 4.91. The van der Waals surface area contributed by atoms with Gasteiger partial charge in [-0.15, -0.1) is 0 Å². The van der Waals surface area contributed by atoms with Crippen molar-refractivity contribution < 1.29 is 14.1 Å². The summed E-state index contributed by atoms with van der Waals surface area (Å²) in [4.78, 5) is 20.1. The fourth-order valence-corrected chi connectivity index (χ4v) is 2.02. The topological polar surface area (TPSA) is 102 Å². The largest absolute Gasteiger partial charge is 0.465 e. The van der Waals surface area contributed by atoms with Crippen LogP contribution >= 0.6 is 0 Å². The van der Waals surface area contributed by atoms with Crippen LogP contribution in [0.4, 0.5) is 23.3 Å². The van der Waals surface area contributed by atoms with Crippen LogP contribution in [0.15, 0.2) is 47.1 Å². The molecule has 3 rings (SSSR count). The van der Waals surface area contributed by atoms with Gasteiger partial charge in [-0.05, 0) is 31.2 Å². The minimum absolute atomic E-state index is 0.377. The standard InChI is InChI=1S/C16H15N5O3/c1-10-8-14(21-24-10)19-13-6-7-17-16(20-13)18-12-5-3-4-11(9-12)15(22)23-2/h3-9H,1-2H3,(H2,17,18,19,20,21). The molecule has 2 N–H and O–H groups in total. The van der Waals surface area contributed by atoms with Crippen LogP contribution in [-0.2, 0) is 4.74 Å². The summed E-state index contributed by atoms with van der Waals surface area (Å²) in [5.74, 6) is 1.79. The molecule has 0 spiro atoms. The van der Waals surface area contributed by atoms with Crippen molar-refractivity contribution in [3.63, 3.8) is 0 Å². The molecule has 24 heavy (non-hydrogen) atoms. The van der Waals surface area contributed by atoms with E-state index in [-0.39, 0.29) is 0 Å². The van der Waals surface area contributed by atoms with E-state index in [1.54, 1.807) is 49.5 Å². The minimum Gasteiger partial charge on any atom is -0.465 e. The molecule has 0 amide bonds. The van der Waals surface area contributed by atoms with Gasteiger partial charge in [-0.1, -0.05) is 11.2 Å². The van der Waals surface area contributed by atoms with Crippen LogP contribution in [0.1, 0.15) is 16.1 Å². The monoisotopic (exact) mass is 325 g/mol. The maximum Gasteiger partial charge on any atom is 0.337 e. The predicted octanol–water partition coefficient (Wildman–Crippen LogP) is 3.05. The first-order valence-corrected chi connectivity index (χ1v) is 7.13. The second kappa shape index (κ2) is 6.78. The van der Waals surface area contributed by atoms with E-state index in [0.29, 0.717) is 34.6 Å². The molecule has 3 aromatic rings.